The molecule has 0 saturated carbocycles. The topological polar surface area (TPSA) is 77.8 Å². The summed E-state index contributed by atoms with van der Waals surface area (Å²) in [5.41, 5.74) is 6.44. The molecule has 5 rings (SSSR count). The van der Waals surface area contributed by atoms with E-state index >= 15 is 0 Å². The maximum absolute atomic E-state index is 13.0. The van der Waals surface area contributed by atoms with Gasteiger partial charge in [0.2, 0.25) is 0 Å². The number of para-hydroxylation sites is 1. The molecule has 0 bridgehead atoms. The molecule has 1 N–H and O–H groups in total. The van der Waals surface area contributed by atoms with Crippen LogP contribution in [0.1, 0.15) is 46.7 Å². The Labute approximate surface area is 239 Å². The average molecular weight is 548 g/mol. The van der Waals surface area contributed by atoms with E-state index in [0.29, 0.717) is 24.5 Å². The molecule has 4 aromatic carbocycles. The smallest absolute Gasteiger partial charge is 0.310 e. The average Bonchev–Trinajstić information content (AvgIpc) is 3.44. The van der Waals surface area contributed by atoms with Gasteiger partial charge >= 0.3 is 5.97 Å². The lowest BCUT2D eigenvalue weighted by Crippen LogP contribution is -2.22. The first kappa shape index (κ1) is 27.7. The van der Waals surface area contributed by atoms with Crippen molar-refractivity contribution in [2.24, 2.45) is 0 Å². The second-order valence-corrected chi connectivity index (χ2v) is 9.77. The summed E-state index contributed by atoms with van der Waals surface area (Å²) >= 11 is 0. The van der Waals surface area contributed by atoms with Crippen LogP contribution in [0.3, 0.4) is 0 Å². The minimum atomic E-state index is -0.292. The maximum Gasteiger partial charge on any atom is 0.310 e. The van der Waals surface area contributed by atoms with E-state index in [1.807, 2.05) is 78.9 Å². The summed E-state index contributed by atoms with van der Waals surface area (Å²) in [6, 6.07) is 31.4. The number of benzene rings is 4. The first-order valence-corrected chi connectivity index (χ1v) is 13.9. The number of hydrogen-bond donors (Lipinski definition) is 1. The van der Waals surface area contributed by atoms with Gasteiger partial charge in [-0.2, -0.15) is 0 Å². The van der Waals surface area contributed by atoms with Crippen LogP contribution in [0.5, 0.6) is 5.75 Å². The van der Waals surface area contributed by atoms with Crippen molar-refractivity contribution in [3.05, 3.63) is 125 Å². The number of hydrogen-bond acceptors (Lipinski definition) is 5. The highest BCUT2D eigenvalue weighted by molar-refractivity contribution is 6.00. The van der Waals surface area contributed by atoms with Crippen LogP contribution in [0.25, 0.3) is 22.1 Å². The highest BCUT2D eigenvalue weighted by atomic mass is 16.5. The Kier molecular flexibility index (Phi) is 8.79. The van der Waals surface area contributed by atoms with E-state index in [-0.39, 0.29) is 30.7 Å². The van der Waals surface area contributed by atoms with Gasteiger partial charge in [0, 0.05) is 23.1 Å². The molecule has 6 nitrogen and oxygen atoms in total. The summed E-state index contributed by atoms with van der Waals surface area (Å²) < 4.78 is 17.5. The molecule has 41 heavy (non-hydrogen) atoms. The number of nitrogens with one attached hydrogen (secondary N) is 1. The summed E-state index contributed by atoms with van der Waals surface area (Å²) in [5.74, 6) is 0.313. The van der Waals surface area contributed by atoms with Crippen molar-refractivity contribution in [2.45, 2.75) is 39.8 Å². The van der Waals surface area contributed by atoms with Gasteiger partial charge in [-0.1, -0.05) is 79.7 Å². The van der Waals surface area contributed by atoms with Gasteiger partial charge in [0.1, 0.15) is 17.9 Å². The Hall–Kier alpha value is -4.84. The van der Waals surface area contributed by atoms with E-state index in [1.165, 1.54) is 5.56 Å². The van der Waals surface area contributed by atoms with Crippen molar-refractivity contribution in [2.75, 3.05) is 6.61 Å². The monoisotopic (exact) mass is 547 g/mol. The lowest BCUT2D eigenvalue weighted by atomic mass is 9.98. The second-order valence-electron chi connectivity index (χ2n) is 9.77. The molecule has 0 spiro atoms. The number of rotatable bonds is 11. The largest absolute Gasteiger partial charge is 0.489 e. The van der Waals surface area contributed by atoms with Gasteiger partial charge in [-0.15, -0.1) is 0 Å². The van der Waals surface area contributed by atoms with Gasteiger partial charge in [-0.3, -0.25) is 9.59 Å². The van der Waals surface area contributed by atoms with E-state index < -0.39 is 0 Å². The van der Waals surface area contributed by atoms with Crippen LogP contribution in [0.4, 0.5) is 0 Å². The molecule has 0 aliphatic carbocycles. The molecule has 0 atom stereocenters. The molecule has 0 saturated heterocycles. The molecule has 1 heterocycles. The van der Waals surface area contributed by atoms with Crippen LogP contribution in [0.15, 0.2) is 101 Å². The van der Waals surface area contributed by atoms with Gasteiger partial charge in [0.05, 0.1) is 13.0 Å². The van der Waals surface area contributed by atoms with E-state index in [4.69, 9.17) is 13.9 Å². The minimum Gasteiger partial charge on any atom is -0.489 e. The van der Waals surface area contributed by atoms with E-state index in [9.17, 15) is 9.59 Å². The predicted octanol–water partition coefficient (Wildman–Crippen LogP) is 7.28. The molecule has 6 heteroatoms. The number of fused-ring (bicyclic) bond motifs is 1. The third kappa shape index (κ3) is 6.84. The SMILES string of the molecule is CCOC(=O)Cc1ccccc1OCc1cc(-c2cccc(CC)c2)c2oc(C(=O)NCc3ccccc3)cc2c1. The molecule has 0 radical (unpaired) electrons. The summed E-state index contributed by atoms with van der Waals surface area (Å²) in [5, 5.41) is 3.76. The fourth-order valence-electron chi connectivity index (χ4n) is 4.77. The Bertz CT molecular complexity index is 1650. The summed E-state index contributed by atoms with van der Waals surface area (Å²) in [6.07, 6.45) is 1.05. The van der Waals surface area contributed by atoms with Gasteiger partial charge in [0.25, 0.3) is 5.91 Å². The van der Waals surface area contributed by atoms with E-state index in [0.717, 1.165) is 39.6 Å². The van der Waals surface area contributed by atoms with Crippen LogP contribution in [-0.4, -0.2) is 18.5 Å². The Morgan fingerprint density at radius 2 is 1.59 bits per heavy atom. The third-order valence-electron chi connectivity index (χ3n) is 6.85. The van der Waals surface area contributed by atoms with Gasteiger partial charge in [-0.25, -0.2) is 0 Å². The fourth-order valence-corrected chi connectivity index (χ4v) is 4.77. The van der Waals surface area contributed by atoms with Gasteiger partial charge in [-0.05, 0) is 59.9 Å². The third-order valence-corrected chi connectivity index (χ3v) is 6.85. The van der Waals surface area contributed by atoms with E-state index in [2.05, 4.69) is 24.4 Å². The van der Waals surface area contributed by atoms with Crippen molar-refractivity contribution in [1.29, 1.82) is 0 Å². The molecule has 0 unspecified atom stereocenters. The fraction of sp³-hybridized carbons (Fsp3) is 0.200. The van der Waals surface area contributed by atoms with Gasteiger partial charge in [0.15, 0.2) is 5.76 Å². The zero-order chi connectivity index (χ0) is 28.6. The van der Waals surface area contributed by atoms with Crippen LogP contribution in [0, 0.1) is 0 Å². The molecule has 5 aromatic rings. The number of furan rings is 1. The number of carbonyl (C=O) groups is 2. The first-order valence-electron chi connectivity index (χ1n) is 13.9. The Morgan fingerprint density at radius 1 is 0.805 bits per heavy atom. The highest BCUT2D eigenvalue weighted by Crippen LogP contribution is 2.34. The predicted molar refractivity (Wildman–Crippen MR) is 160 cm³/mol. The summed E-state index contributed by atoms with van der Waals surface area (Å²) in [6.45, 7) is 4.93. The lowest BCUT2D eigenvalue weighted by Gasteiger charge is -2.13. The van der Waals surface area contributed by atoms with Crippen molar-refractivity contribution < 1.29 is 23.5 Å². The zero-order valence-electron chi connectivity index (χ0n) is 23.3. The number of amides is 1. The molecule has 0 aliphatic heterocycles. The normalized spacial score (nSPS) is 10.9. The number of esters is 1. The molecular weight excluding hydrogens is 514 g/mol. The molecule has 0 aliphatic rings. The number of ether oxygens (including phenoxy) is 2. The van der Waals surface area contributed by atoms with Crippen molar-refractivity contribution in [1.82, 2.24) is 5.32 Å². The van der Waals surface area contributed by atoms with Crippen LogP contribution in [-0.2, 0) is 35.5 Å². The molecule has 1 aromatic heterocycles. The quantitative estimate of drug-likeness (QED) is 0.176. The lowest BCUT2D eigenvalue weighted by molar-refractivity contribution is -0.142. The van der Waals surface area contributed by atoms with Crippen LogP contribution < -0.4 is 10.1 Å². The molecule has 0 fully saturated rings. The van der Waals surface area contributed by atoms with Crippen LogP contribution in [0.2, 0.25) is 0 Å². The molecular formula is C35H33NO5. The summed E-state index contributed by atoms with van der Waals surface area (Å²) in [7, 11) is 0. The van der Waals surface area contributed by atoms with Crippen molar-refractivity contribution in [3.8, 4) is 16.9 Å². The first-order chi connectivity index (χ1) is 20.0. The highest BCUT2D eigenvalue weighted by Gasteiger charge is 2.18. The number of aryl methyl sites for hydroxylation is 1. The van der Waals surface area contributed by atoms with Crippen molar-refractivity contribution in [3.63, 3.8) is 0 Å². The van der Waals surface area contributed by atoms with Crippen LogP contribution >= 0.6 is 0 Å². The zero-order valence-corrected chi connectivity index (χ0v) is 23.3. The molecule has 1 amide bonds. The minimum absolute atomic E-state index is 0.140. The Morgan fingerprint density at radius 3 is 2.39 bits per heavy atom. The standard InChI is InChI=1S/C35H33NO5/c1-3-24-13-10-15-27(17-24)30-19-26(23-40-31-16-9-8-14-28(31)21-33(37)39-4-2)18-29-20-32(41-34(29)30)35(38)36-22-25-11-6-5-7-12-25/h5-20H,3-4,21-23H2,1-2H3,(H,36,38). The maximum atomic E-state index is 13.0. The summed E-state index contributed by atoms with van der Waals surface area (Å²) in [4.78, 5) is 25.1. The number of carbonyl (C=O) groups excluding carboxylic acids is 2. The second kappa shape index (κ2) is 13.0. The van der Waals surface area contributed by atoms with E-state index in [1.54, 1.807) is 13.0 Å². The van der Waals surface area contributed by atoms with Gasteiger partial charge < -0.3 is 19.2 Å². The molecule has 208 valence electrons. The Balaban J connectivity index is 1.45. The van der Waals surface area contributed by atoms with Crippen molar-refractivity contribution >= 4 is 22.8 Å².